The topological polar surface area (TPSA) is 23.5 Å². The van der Waals surface area contributed by atoms with Crippen molar-refractivity contribution in [3.63, 3.8) is 0 Å². The Bertz CT molecular complexity index is 704. The second kappa shape index (κ2) is 6.51. The zero-order valence-electron chi connectivity index (χ0n) is 13.9. The first kappa shape index (κ1) is 16.1. The van der Waals surface area contributed by atoms with E-state index in [-0.39, 0.29) is 0 Å². The number of rotatable bonds is 3. The molecule has 1 N–H and O–H groups in total. The van der Waals surface area contributed by atoms with Gasteiger partial charge in [0.1, 0.15) is 0 Å². The van der Waals surface area contributed by atoms with Gasteiger partial charge >= 0.3 is 0 Å². The van der Waals surface area contributed by atoms with E-state index >= 15 is 0 Å². The van der Waals surface area contributed by atoms with E-state index in [9.17, 15) is 5.11 Å². The number of benzene rings is 2. The number of aliphatic hydroxyl groups is 1. The SMILES string of the molecule is OC1(c2ccccc2Cl)CC2CCCN(Cc3ccccc3)C2C1. The van der Waals surface area contributed by atoms with Gasteiger partial charge in [0.05, 0.1) is 5.60 Å². The van der Waals surface area contributed by atoms with Crippen molar-refractivity contribution < 1.29 is 5.11 Å². The molecule has 1 saturated heterocycles. The Balaban J connectivity index is 1.57. The molecule has 24 heavy (non-hydrogen) atoms. The molecule has 0 spiro atoms. The standard InChI is InChI=1S/C21H24ClNO/c22-19-11-5-4-10-18(19)21(24)13-17-9-6-12-23(20(17)14-21)15-16-7-2-1-3-8-16/h1-5,7-8,10-11,17,20,24H,6,9,12-15H2. The molecule has 1 heterocycles. The molecule has 3 heteroatoms. The maximum absolute atomic E-state index is 11.3. The molecular weight excluding hydrogens is 318 g/mol. The zero-order valence-corrected chi connectivity index (χ0v) is 14.6. The number of hydrogen-bond acceptors (Lipinski definition) is 2. The summed E-state index contributed by atoms with van der Waals surface area (Å²) in [6, 6.07) is 18.9. The summed E-state index contributed by atoms with van der Waals surface area (Å²) in [7, 11) is 0. The molecule has 2 aromatic carbocycles. The lowest BCUT2D eigenvalue weighted by Gasteiger charge is -2.37. The van der Waals surface area contributed by atoms with Crippen molar-refractivity contribution in [2.45, 2.75) is 43.9 Å². The van der Waals surface area contributed by atoms with Gasteiger partial charge in [-0.25, -0.2) is 0 Å². The fourth-order valence-corrected chi connectivity index (χ4v) is 4.99. The van der Waals surface area contributed by atoms with Crippen LogP contribution in [0.15, 0.2) is 54.6 Å². The Labute approximate surface area is 149 Å². The van der Waals surface area contributed by atoms with Crippen molar-refractivity contribution in [1.82, 2.24) is 4.90 Å². The van der Waals surface area contributed by atoms with Gasteiger partial charge < -0.3 is 5.11 Å². The predicted octanol–water partition coefficient (Wildman–Crippen LogP) is 4.60. The van der Waals surface area contributed by atoms with Crippen LogP contribution in [0.5, 0.6) is 0 Å². The van der Waals surface area contributed by atoms with E-state index in [0.717, 1.165) is 31.5 Å². The molecule has 3 unspecified atom stereocenters. The predicted molar refractivity (Wildman–Crippen MR) is 97.9 cm³/mol. The number of nitrogens with zero attached hydrogens (tertiary/aromatic N) is 1. The molecule has 1 aliphatic heterocycles. The van der Waals surface area contributed by atoms with Crippen LogP contribution in [0.4, 0.5) is 0 Å². The molecule has 2 fully saturated rings. The van der Waals surface area contributed by atoms with Gasteiger partial charge in [-0.1, -0.05) is 60.1 Å². The maximum Gasteiger partial charge on any atom is 0.0929 e. The third-order valence-electron chi connectivity index (χ3n) is 5.78. The van der Waals surface area contributed by atoms with Crippen LogP contribution in [0.1, 0.15) is 36.8 Å². The number of fused-ring (bicyclic) bond motifs is 1. The molecule has 0 radical (unpaired) electrons. The highest BCUT2D eigenvalue weighted by atomic mass is 35.5. The fourth-order valence-electron chi connectivity index (χ4n) is 4.68. The van der Waals surface area contributed by atoms with Crippen LogP contribution < -0.4 is 0 Å². The smallest absolute Gasteiger partial charge is 0.0929 e. The molecule has 126 valence electrons. The van der Waals surface area contributed by atoms with Gasteiger partial charge in [-0.05, 0) is 49.8 Å². The molecule has 4 rings (SSSR count). The van der Waals surface area contributed by atoms with Gasteiger partial charge in [-0.15, -0.1) is 0 Å². The summed E-state index contributed by atoms with van der Waals surface area (Å²) in [5, 5.41) is 12.0. The summed E-state index contributed by atoms with van der Waals surface area (Å²) in [6.45, 7) is 2.09. The van der Waals surface area contributed by atoms with E-state index in [0.29, 0.717) is 17.0 Å². The van der Waals surface area contributed by atoms with Crippen molar-refractivity contribution in [2.24, 2.45) is 5.92 Å². The maximum atomic E-state index is 11.3. The Morgan fingerprint density at radius 1 is 1.04 bits per heavy atom. The lowest BCUT2D eigenvalue weighted by molar-refractivity contribution is 0.0338. The lowest BCUT2D eigenvalue weighted by atomic mass is 9.89. The lowest BCUT2D eigenvalue weighted by Crippen LogP contribution is -2.42. The molecule has 0 aromatic heterocycles. The summed E-state index contributed by atoms with van der Waals surface area (Å²) in [4.78, 5) is 2.57. The largest absolute Gasteiger partial charge is 0.385 e. The average Bonchev–Trinajstić information content (AvgIpc) is 2.95. The van der Waals surface area contributed by atoms with Crippen molar-refractivity contribution >= 4 is 11.6 Å². The van der Waals surface area contributed by atoms with Gasteiger partial charge in [0.25, 0.3) is 0 Å². The molecule has 1 saturated carbocycles. The summed E-state index contributed by atoms with van der Waals surface area (Å²) in [5.74, 6) is 0.559. The van der Waals surface area contributed by atoms with E-state index in [4.69, 9.17) is 11.6 Å². The summed E-state index contributed by atoms with van der Waals surface area (Å²) < 4.78 is 0. The highest BCUT2D eigenvalue weighted by Gasteiger charge is 2.48. The summed E-state index contributed by atoms with van der Waals surface area (Å²) in [5.41, 5.74) is 1.47. The van der Waals surface area contributed by atoms with Gasteiger partial charge in [0, 0.05) is 23.2 Å². The minimum absolute atomic E-state index is 0.445. The number of hydrogen-bond donors (Lipinski definition) is 1. The van der Waals surface area contributed by atoms with Crippen LogP contribution in [0.3, 0.4) is 0 Å². The molecule has 1 aliphatic carbocycles. The quantitative estimate of drug-likeness (QED) is 0.881. The van der Waals surface area contributed by atoms with Crippen LogP contribution in [0.2, 0.25) is 5.02 Å². The minimum Gasteiger partial charge on any atom is -0.385 e. The molecule has 3 atom stereocenters. The number of likely N-dealkylation sites (tertiary alicyclic amines) is 1. The first-order chi connectivity index (χ1) is 11.7. The monoisotopic (exact) mass is 341 g/mol. The molecule has 0 bridgehead atoms. The molecule has 0 amide bonds. The van der Waals surface area contributed by atoms with Crippen molar-refractivity contribution in [3.8, 4) is 0 Å². The van der Waals surface area contributed by atoms with Gasteiger partial charge in [0.2, 0.25) is 0 Å². The van der Waals surface area contributed by atoms with Crippen LogP contribution >= 0.6 is 11.6 Å². The van der Waals surface area contributed by atoms with Crippen LogP contribution in [-0.2, 0) is 12.1 Å². The number of piperidine rings is 1. The second-order valence-electron chi connectivity index (χ2n) is 7.35. The van der Waals surface area contributed by atoms with E-state index in [1.807, 2.05) is 24.3 Å². The molecule has 2 nitrogen and oxygen atoms in total. The van der Waals surface area contributed by atoms with Crippen molar-refractivity contribution in [2.75, 3.05) is 6.54 Å². The van der Waals surface area contributed by atoms with E-state index in [1.54, 1.807) is 0 Å². The minimum atomic E-state index is -0.785. The Morgan fingerprint density at radius 3 is 2.58 bits per heavy atom. The fraction of sp³-hybridized carbons (Fsp3) is 0.429. The highest BCUT2D eigenvalue weighted by Crippen LogP contribution is 2.49. The average molecular weight is 342 g/mol. The third-order valence-corrected chi connectivity index (χ3v) is 6.11. The zero-order chi connectivity index (χ0) is 16.6. The second-order valence-corrected chi connectivity index (χ2v) is 7.75. The van der Waals surface area contributed by atoms with E-state index < -0.39 is 5.60 Å². The van der Waals surface area contributed by atoms with Gasteiger partial charge in [-0.3, -0.25) is 4.90 Å². The van der Waals surface area contributed by atoms with Crippen LogP contribution in [-0.4, -0.2) is 22.6 Å². The van der Waals surface area contributed by atoms with E-state index in [2.05, 4.69) is 35.2 Å². The first-order valence-electron chi connectivity index (χ1n) is 8.91. The molecule has 2 aromatic rings. The van der Waals surface area contributed by atoms with Gasteiger partial charge in [0.15, 0.2) is 0 Å². The summed E-state index contributed by atoms with van der Waals surface area (Å²) in [6.07, 6.45) is 4.04. The van der Waals surface area contributed by atoms with Crippen LogP contribution in [0, 0.1) is 5.92 Å². The Morgan fingerprint density at radius 2 is 1.79 bits per heavy atom. The van der Waals surface area contributed by atoms with Gasteiger partial charge in [-0.2, -0.15) is 0 Å². The van der Waals surface area contributed by atoms with Crippen molar-refractivity contribution in [1.29, 1.82) is 0 Å². The third kappa shape index (κ3) is 2.99. The highest BCUT2D eigenvalue weighted by molar-refractivity contribution is 6.31. The molecular formula is C21H24ClNO. The Kier molecular flexibility index (Phi) is 4.38. The number of halogens is 1. The van der Waals surface area contributed by atoms with Crippen LogP contribution in [0.25, 0.3) is 0 Å². The summed E-state index contributed by atoms with van der Waals surface area (Å²) >= 11 is 6.38. The normalized spacial score (nSPS) is 30.2. The molecule has 2 aliphatic rings. The van der Waals surface area contributed by atoms with E-state index in [1.165, 1.54) is 18.4 Å². The first-order valence-corrected chi connectivity index (χ1v) is 9.29. The van der Waals surface area contributed by atoms with Crippen molar-refractivity contribution in [3.05, 3.63) is 70.7 Å². The Hall–Kier alpha value is -1.35.